The van der Waals surface area contributed by atoms with Crippen LogP contribution in [0.1, 0.15) is 248 Å². The molecule has 566 valence electrons. The number of nitrogens with two attached hydrogens (primary N) is 1. The van der Waals surface area contributed by atoms with Crippen LogP contribution in [0.2, 0.25) is 0 Å². The maximum absolute atomic E-state index is 12.9. The standard InChI is InChI=1S/C46H62N2O4.C39H56N2O4.C7H6O/c1-4-5-6-7-8-9-10-11-12-13-20-30-52-44-35-42(34-37(2)38(44)3)46(49)47-29-31-50-32-33-51-43-27-25-41(26-28-43)45(40-23-18-15-19-24-40)48-36-39-21-16-14-17-22-39;1-4-5-6-7-8-9-10-11-12-13-17-25-45-37-30-35(29-31(2)32(37)3)39(42)41-24-26-43-27-28-44-36-22-20-34(21-23-36)38(40)33-18-15-14-16-19-33;8-6-7-4-2-1-3-5-7/h14-19,21-28,34-35,45,48H,4-13,20,29-33,36H2,1-3H3,(H,47,49);14-16,18-23,29-30,38H,4-13,17,24-28,40H2,1-3H3,(H,41,42);1-6H. The van der Waals surface area contributed by atoms with E-state index in [1.165, 1.54) is 145 Å². The van der Waals surface area contributed by atoms with Crippen molar-refractivity contribution in [2.45, 2.75) is 201 Å². The van der Waals surface area contributed by atoms with E-state index in [-0.39, 0.29) is 23.9 Å². The first-order valence-electron chi connectivity index (χ1n) is 39.3. The highest BCUT2D eigenvalue weighted by Gasteiger charge is 2.17. The number of benzene rings is 8. The lowest BCUT2D eigenvalue weighted by Gasteiger charge is -2.20. The van der Waals surface area contributed by atoms with E-state index >= 15 is 0 Å². The first-order valence-corrected chi connectivity index (χ1v) is 39.3. The molecule has 2 atom stereocenters. The molecule has 0 aromatic heterocycles. The maximum atomic E-state index is 12.9. The molecule has 8 aromatic rings. The van der Waals surface area contributed by atoms with Crippen LogP contribution in [0.3, 0.4) is 0 Å². The molecule has 8 rings (SSSR count). The van der Waals surface area contributed by atoms with Crippen LogP contribution < -0.4 is 40.6 Å². The van der Waals surface area contributed by atoms with Crippen LogP contribution >= 0.6 is 0 Å². The molecular formula is C92H124N4O9. The summed E-state index contributed by atoms with van der Waals surface area (Å²) in [6.07, 6.45) is 29.6. The van der Waals surface area contributed by atoms with Crippen molar-refractivity contribution in [1.29, 1.82) is 0 Å². The van der Waals surface area contributed by atoms with Gasteiger partial charge in [-0.05, 0) is 139 Å². The number of carbonyl (C=O) groups excluding carboxylic acids is 3. The average molecular weight is 1430 g/mol. The number of unbranched alkanes of at least 4 members (excludes halogenated alkanes) is 20. The Morgan fingerprint density at radius 3 is 1.13 bits per heavy atom. The van der Waals surface area contributed by atoms with Crippen molar-refractivity contribution in [2.24, 2.45) is 5.73 Å². The van der Waals surface area contributed by atoms with E-state index in [1.807, 2.05) is 135 Å². The van der Waals surface area contributed by atoms with Crippen LogP contribution in [-0.4, -0.2) is 84.0 Å². The highest BCUT2D eigenvalue weighted by atomic mass is 16.5. The van der Waals surface area contributed by atoms with Gasteiger partial charge in [-0.25, -0.2) is 0 Å². The molecule has 0 bridgehead atoms. The van der Waals surface area contributed by atoms with Crippen molar-refractivity contribution in [3.8, 4) is 23.0 Å². The molecule has 13 nitrogen and oxygen atoms in total. The lowest BCUT2D eigenvalue weighted by atomic mass is 9.98. The summed E-state index contributed by atoms with van der Waals surface area (Å²) in [6, 6.07) is 63.7. The number of aldehydes is 1. The molecule has 2 unspecified atom stereocenters. The number of carbonyl (C=O) groups is 3. The molecule has 0 spiro atoms. The molecule has 105 heavy (non-hydrogen) atoms. The fourth-order valence-corrected chi connectivity index (χ4v) is 12.2. The lowest BCUT2D eigenvalue weighted by Crippen LogP contribution is -2.28. The van der Waals surface area contributed by atoms with Gasteiger partial charge in [0.1, 0.15) is 42.5 Å². The third-order valence-electron chi connectivity index (χ3n) is 18.9. The summed E-state index contributed by atoms with van der Waals surface area (Å²) in [5.41, 5.74) is 18.4. The Bertz CT molecular complexity index is 3580. The largest absolute Gasteiger partial charge is 0.493 e. The van der Waals surface area contributed by atoms with Crippen LogP contribution in [-0.2, 0) is 16.0 Å². The van der Waals surface area contributed by atoms with Crippen molar-refractivity contribution in [2.75, 3.05) is 65.9 Å². The van der Waals surface area contributed by atoms with Gasteiger partial charge in [0, 0.05) is 36.3 Å². The van der Waals surface area contributed by atoms with Crippen LogP contribution in [0.4, 0.5) is 0 Å². The molecule has 2 amide bonds. The average Bonchev–Trinajstić information content (AvgIpc) is 0.846. The number of aryl methyl sites for hydroxylation is 2. The highest BCUT2D eigenvalue weighted by Crippen LogP contribution is 2.29. The minimum absolute atomic E-state index is 0.0659. The zero-order valence-electron chi connectivity index (χ0n) is 64.3. The van der Waals surface area contributed by atoms with Gasteiger partial charge in [-0.1, -0.05) is 288 Å². The fourth-order valence-electron chi connectivity index (χ4n) is 12.2. The molecule has 0 aliphatic heterocycles. The van der Waals surface area contributed by atoms with Gasteiger partial charge in [-0.15, -0.1) is 0 Å². The third kappa shape index (κ3) is 34.9. The summed E-state index contributed by atoms with van der Waals surface area (Å²) in [4.78, 5) is 35.8. The van der Waals surface area contributed by atoms with E-state index in [4.69, 9.17) is 34.2 Å². The van der Waals surface area contributed by atoms with E-state index in [0.717, 1.165) is 87.6 Å². The summed E-state index contributed by atoms with van der Waals surface area (Å²) in [7, 11) is 0. The minimum atomic E-state index is -0.166. The molecule has 8 aromatic carbocycles. The Balaban J connectivity index is 0.000000299. The van der Waals surface area contributed by atoms with E-state index in [9.17, 15) is 14.4 Å². The van der Waals surface area contributed by atoms with Crippen molar-refractivity contribution in [3.05, 3.63) is 261 Å². The van der Waals surface area contributed by atoms with Crippen molar-refractivity contribution < 1.29 is 42.8 Å². The molecular weight excluding hydrogens is 1310 g/mol. The zero-order valence-corrected chi connectivity index (χ0v) is 64.3. The van der Waals surface area contributed by atoms with Crippen LogP contribution in [0.5, 0.6) is 23.0 Å². The number of amides is 2. The second-order valence-electron chi connectivity index (χ2n) is 27.3. The molecule has 0 heterocycles. The van der Waals surface area contributed by atoms with E-state index < -0.39 is 0 Å². The number of hydrogen-bond acceptors (Lipinski definition) is 11. The second kappa shape index (κ2) is 53.2. The maximum Gasteiger partial charge on any atom is 0.251 e. The van der Waals surface area contributed by atoms with E-state index in [2.05, 4.69) is 104 Å². The van der Waals surface area contributed by atoms with E-state index in [1.54, 1.807) is 12.1 Å². The summed E-state index contributed by atoms with van der Waals surface area (Å²) >= 11 is 0. The predicted octanol–water partition coefficient (Wildman–Crippen LogP) is 21.1. The summed E-state index contributed by atoms with van der Waals surface area (Å²) in [5.74, 6) is 2.94. The molecule has 0 saturated carbocycles. The summed E-state index contributed by atoms with van der Waals surface area (Å²) in [5, 5.41) is 9.65. The monoisotopic (exact) mass is 1430 g/mol. The van der Waals surface area contributed by atoms with Gasteiger partial charge in [-0.2, -0.15) is 0 Å². The van der Waals surface area contributed by atoms with Gasteiger partial charge in [0.2, 0.25) is 0 Å². The first kappa shape index (κ1) is 85.3. The quantitative estimate of drug-likeness (QED) is 0.0211. The number of rotatable bonds is 50. The van der Waals surface area contributed by atoms with Gasteiger partial charge < -0.3 is 50.1 Å². The Morgan fingerprint density at radius 2 is 0.733 bits per heavy atom. The van der Waals surface area contributed by atoms with Gasteiger partial charge in [0.05, 0.1) is 51.7 Å². The lowest BCUT2D eigenvalue weighted by molar-refractivity contribution is 0.0862. The Hall–Kier alpha value is -8.59. The Kier molecular flexibility index (Phi) is 43.3. The minimum Gasteiger partial charge on any atom is -0.493 e. The van der Waals surface area contributed by atoms with Gasteiger partial charge >= 0.3 is 0 Å². The molecule has 0 radical (unpaired) electrons. The van der Waals surface area contributed by atoms with Crippen LogP contribution in [0, 0.1) is 27.7 Å². The molecule has 0 saturated heterocycles. The van der Waals surface area contributed by atoms with Crippen molar-refractivity contribution >= 4 is 18.1 Å². The van der Waals surface area contributed by atoms with Gasteiger partial charge in [0.15, 0.2) is 0 Å². The fraction of sp³-hybridized carbons (Fsp3) is 0.446. The first-order chi connectivity index (χ1) is 51.5. The van der Waals surface area contributed by atoms with Crippen molar-refractivity contribution in [3.63, 3.8) is 0 Å². The number of hydrogen-bond donors (Lipinski definition) is 4. The second-order valence-corrected chi connectivity index (χ2v) is 27.3. The summed E-state index contributed by atoms with van der Waals surface area (Å²) < 4.78 is 35.4. The van der Waals surface area contributed by atoms with Crippen LogP contribution in [0.25, 0.3) is 0 Å². The molecule has 0 fully saturated rings. The molecule has 13 heteroatoms. The van der Waals surface area contributed by atoms with Gasteiger partial charge in [0.25, 0.3) is 11.8 Å². The third-order valence-corrected chi connectivity index (χ3v) is 18.9. The normalized spacial score (nSPS) is 11.5. The highest BCUT2D eigenvalue weighted by molar-refractivity contribution is 5.95. The smallest absolute Gasteiger partial charge is 0.251 e. The molecule has 0 aliphatic rings. The topological polar surface area (TPSA) is 169 Å². The van der Waals surface area contributed by atoms with E-state index in [0.29, 0.717) is 77.1 Å². The number of ether oxygens (including phenoxy) is 6. The number of nitrogens with one attached hydrogen (secondary N) is 3. The molecule has 0 aliphatic carbocycles. The predicted molar refractivity (Wildman–Crippen MR) is 432 cm³/mol. The Labute approximate surface area is 630 Å². The Morgan fingerprint density at radius 1 is 0.381 bits per heavy atom. The van der Waals surface area contributed by atoms with Crippen LogP contribution in [0.15, 0.2) is 194 Å². The van der Waals surface area contributed by atoms with Gasteiger partial charge in [-0.3, -0.25) is 14.4 Å². The zero-order chi connectivity index (χ0) is 74.6. The SMILES string of the molecule is CCCCCCCCCCCCCOc1cc(C(=O)NCCOCCOc2ccc(C(N)c3ccccc3)cc2)cc(C)c1C.CCCCCCCCCCCCCOc1cc(C(=O)NCCOCCOc2ccc(C(NCc3ccccc3)c3ccccc3)cc2)cc(C)c1C.O=Cc1ccccc1. The van der Waals surface area contributed by atoms with Crippen molar-refractivity contribution in [1.82, 2.24) is 16.0 Å². The molecule has 5 N–H and O–H groups in total. The summed E-state index contributed by atoms with van der Waals surface area (Å²) in [6.45, 7) is 18.2.